The molecular formula is C10H10N2S2. The van der Waals surface area contributed by atoms with Crippen LogP contribution < -0.4 is 5.32 Å². The van der Waals surface area contributed by atoms with Gasteiger partial charge in [0.25, 0.3) is 0 Å². The SMILES string of the molecule is c1cc(-c2nc3c(s2)CNCC3)cs1. The van der Waals surface area contributed by atoms with Gasteiger partial charge in [-0.15, -0.1) is 11.3 Å². The molecule has 0 spiro atoms. The number of thiazole rings is 1. The van der Waals surface area contributed by atoms with Crippen molar-refractivity contribution >= 4 is 22.7 Å². The predicted octanol–water partition coefficient (Wildman–Crippen LogP) is 2.52. The molecule has 3 heterocycles. The molecule has 0 radical (unpaired) electrons. The first-order valence-electron chi connectivity index (χ1n) is 4.65. The summed E-state index contributed by atoms with van der Waals surface area (Å²) in [7, 11) is 0. The van der Waals surface area contributed by atoms with E-state index in [-0.39, 0.29) is 0 Å². The molecule has 1 aliphatic heterocycles. The smallest absolute Gasteiger partial charge is 0.124 e. The Morgan fingerprint density at radius 1 is 1.43 bits per heavy atom. The first-order valence-corrected chi connectivity index (χ1v) is 6.41. The van der Waals surface area contributed by atoms with E-state index < -0.39 is 0 Å². The highest BCUT2D eigenvalue weighted by molar-refractivity contribution is 7.15. The minimum absolute atomic E-state index is 0.997. The lowest BCUT2D eigenvalue weighted by atomic mass is 10.2. The van der Waals surface area contributed by atoms with Gasteiger partial charge in [-0.25, -0.2) is 4.98 Å². The number of thiophene rings is 1. The van der Waals surface area contributed by atoms with E-state index in [1.54, 1.807) is 11.3 Å². The van der Waals surface area contributed by atoms with Gasteiger partial charge in [-0.05, 0) is 11.4 Å². The van der Waals surface area contributed by atoms with Crippen LogP contribution in [0.5, 0.6) is 0 Å². The fourth-order valence-electron chi connectivity index (χ4n) is 1.64. The summed E-state index contributed by atoms with van der Waals surface area (Å²) in [5.41, 5.74) is 2.57. The van der Waals surface area contributed by atoms with E-state index in [4.69, 9.17) is 0 Å². The Hall–Kier alpha value is -0.710. The Bertz CT molecular complexity index is 407. The summed E-state index contributed by atoms with van der Waals surface area (Å²) < 4.78 is 0. The number of nitrogens with one attached hydrogen (secondary N) is 1. The molecule has 2 aromatic rings. The molecule has 0 aromatic carbocycles. The molecule has 0 saturated heterocycles. The third-order valence-electron chi connectivity index (χ3n) is 2.37. The molecule has 0 saturated carbocycles. The zero-order valence-corrected chi connectivity index (χ0v) is 9.25. The van der Waals surface area contributed by atoms with E-state index in [0.29, 0.717) is 0 Å². The van der Waals surface area contributed by atoms with Crippen LogP contribution in [-0.4, -0.2) is 11.5 Å². The van der Waals surface area contributed by atoms with Crippen LogP contribution in [0.4, 0.5) is 0 Å². The van der Waals surface area contributed by atoms with E-state index >= 15 is 0 Å². The van der Waals surface area contributed by atoms with Crippen molar-refractivity contribution in [3.8, 4) is 10.6 Å². The summed E-state index contributed by atoms with van der Waals surface area (Å²) in [5.74, 6) is 0. The zero-order valence-electron chi connectivity index (χ0n) is 7.62. The van der Waals surface area contributed by atoms with Gasteiger partial charge in [0.15, 0.2) is 0 Å². The van der Waals surface area contributed by atoms with Crippen molar-refractivity contribution in [3.05, 3.63) is 27.4 Å². The summed E-state index contributed by atoms with van der Waals surface area (Å²) in [6, 6.07) is 2.14. The average Bonchev–Trinajstić information content (AvgIpc) is 2.86. The number of aromatic nitrogens is 1. The molecule has 0 unspecified atom stereocenters. The van der Waals surface area contributed by atoms with E-state index in [9.17, 15) is 0 Å². The molecule has 1 N–H and O–H groups in total. The Kier molecular flexibility index (Phi) is 2.12. The lowest BCUT2D eigenvalue weighted by Crippen LogP contribution is -2.22. The summed E-state index contributed by atoms with van der Waals surface area (Å²) in [6.07, 6.45) is 1.08. The lowest BCUT2D eigenvalue weighted by molar-refractivity contribution is 0.644. The summed E-state index contributed by atoms with van der Waals surface area (Å²) in [4.78, 5) is 6.09. The second-order valence-electron chi connectivity index (χ2n) is 3.33. The van der Waals surface area contributed by atoms with Gasteiger partial charge in [-0.3, -0.25) is 0 Å². The fourth-order valence-corrected chi connectivity index (χ4v) is 3.42. The molecule has 1 aliphatic rings. The van der Waals surface area contributed by atoms with Crippen molar-refractivity contribution in [2.24, 2.45) is 0 Å². The van der Waals surface area contributed by atoms with Crippen LogP contribution in [0.15, 0.2) is 16.8 Å². The summed E-state index contributed by atoms with van der Waals surface area (Å²) in [6.45, 7) is 2.07. The molecule has 2 aromatic heterocycles. The Labute approximate surface area is 90.6 Å². The van der Waals surface area contributed by atoms with Crippen LogP contribution in [0, 0.1) is 0 Å². The molecule has 14 heavy (non-hydrogen) atoms. The molecule has 0 fully saturated rings. The van der Waals surface area contributed by atoms with Crippen LogP contribution in [0.1, 0.15) is 10.6 Å². The van der Waals surface area contributed by atoms with E-state index in [2.05, 4.69) is 27.1 Å². The highest BCUT2D eigenvalue weighted by Crippen LogP contribution is 2.30. The molecule has 0 amide bonds. The number of hydrogen-bond donors (Lipinski definition) is 1. The largest absolute Gasteiger partial charge is 0.311 e. The van der Waals surface area contributed by atoms with E-state index in [1.807, 2.05) is 11.3 Å². The summed E-state index contributed by atoms with van der Waals surface area (Å²) in [5, 5.41) is 8.82. The third-order valence-corrected chi connectivity index (χ3v) is 4.20. The van der Waals surface area contributed by atoms with Crippen molar-refractivity contribution in [1.29, 1.82) is 0 Å². The van der Waals surface area contributed by atoms with Gasteiger partial charge < -0.3 is 5.32 Å². The summed E-state index contributed by atoms with van der Waals surface area (Å²) >= 11 is 3.56. The van der Waals surface area contributed by atoms with Gasteiger partial charge in [0.05, 0.1) is 5.69 Å². The first-order chi connectivity index (χ1) is 6.93. The molecule has 72 valence electrons. The highest BCUT2D eigenvalue weighted by Gasteiger charge is 2.15. The number of nitrogens with zero attached hydrogens (tertiary/aromatic N) is 1. The van der Waals surface area contributed by atoms with Crippen molar-refractivity contribution in [2.45, 2.75) is 13.0 Å². The van der Waals surface area contributed by atoms with Gasteiger partial charge in [-0.1, -0.05) is 0 Å². The monoisotopic (exact) mass is 222 g/mol. The van der Waals surface area contributed by atoms with Crippen molar-refractivity contribution in [3.63, 3.8) is 0 Å². The molecule has 0 atom stereocenters. The average molecular weight is 222 g/mol. The Balaban J connectivity index is 2.04. The molecule has 4 heteroatoms. The zero-order chi connectivity index (χ0) is 9.38. The normalized spacial score (nSPS) is 15.4. The second-order valence-corrected chi connectivity index (χ2v) is 5.19. The topological polar surface area (TPSA) is 24.9 Å². The van der Waals surface area contributed by atoms with Crippen molar-refractivity contribution in [2.75, 3.05) is 6.54 Å². The number of hydrogen-bond acceptors (Lipinski definition) is 4. The van der Waals surface area contributed by atoms with Crippen LogP contribution in [0.3, 0.4) is 0 Å². The molecule has 2 nitrogen and oxygen atoms in total. The first kappa shape index (κ1) is 8.59. The van der Waals surface area contributed by atoms with E-state index in [1.165, 1.54) is 21.1 Å². The van der Waals surface area contributed by atoms with Crippen LogP contribution in [-0.2, 0) is 13.0 Å². The van der Waals surface area contributed by atoms with Gasteiger partial charge >= 0.3 is 0 Å². The lowest BCUT2D eigenvalue weighted by Gasteiger charge is -2.09. The molecular weight excluding hydrogens is 212 g/mol. The van der Waals surface area contributed by atoms with Crippen LogP contribution >= 0.6 is 22.7 Å². The maximum Gasteiger partial charge on any atom is 0.124 e. The minimum Gasteiger partial charge on any atom is -0.311 e. The molecule has 0 aliphatic carbocycles. The fraction of sp³-hybridized carbons (Fsp3) is 0.300. The quantitative estimate of drug-likeness (QED) is 0.802. The van der Waals surface area contributed by atoms with Gasteiger partial charge in [0.1, 0.15) is 5.01 Å². The number of rotatable bonds is 1. The van der Waals surface area contributed by atoms with Crippen LogP contribution in [0.25, 0.3) is 10.6 Å². The second kappa shape index (κ2) is 3.46. The van der Waals surface area contributed by atoms with Crippen molar-refractivity contribution in [1.82, 2.24) is 10.3 Å². The Morgan fingerprint density at radius 3 is 3.21 bits per heavy atom. The minimum atomic E-state index is 0.997. The maximum atomic E-state index is 4.68. The maximum absolute atomic E-state index is 4.68. The van der Waals surface area contributed by atoms with Gasteiger partial charge in [0.2, 0.25) is 0 Å². The highest BCUT2D eigenvalue weighted by atomic mass is 32.1. The number of fused-ring (bicyclic) bond motifs is 1. The van der Waals surface area contributed by atoms with Crippen molar-refractivity contribution < 1.29 is 0 Å². The third kappa shape index (κ3) is 1.39. The van der Waals surface area contributed by atoms with Crippen LogP contribution in [0.2, 0.25) is 0 Å². The molecule has 0 bridgehead atoms. The van der Waals surface area contributed by atoms with Gasteiger partial charge in [-0.2, -0.15) is 11.3 Å². The predicted molar refractivity (Wildman–Crippen MR) is 60.8 cm³/mol. The van der Waals surface area contributed by atoms with E-state index in [0.717, 1.165) is 19.5 Å². The molecule has 3 rings (SSSR count). The van der Waals surface area contributed by atoms with Gasteiger partial charge in [0, 0.05) is 35.3 Å². The standard InChI is InChI=1S/C10H10N2S2/c1-3-11-5-9-8(1)12-10(14-9)7-2-4-13-6-7/h2,4,6,11H,1,3,5H2. The Morgan fingerprint density at radius 2 is 2.43 bits per heavy atom.